The zero-order valence-corrected chi connectivity index (χ0v) is 10.8. The van der Waals surface area contributed by atoms with Crippen LogP contribution >= 0.6 is 11.8 Å². The van der Waals surface area contributed by atoms with Gasteiger partial charge in [-0.25, -0.2) is 0 Å². The number of nitrogens with one attached hydrogen (secondary N) is 1. The summed E-state index contributed by atoms with van der Waals surface area (Å²) < 4.78 is 5.35. The Labute approximate surface area is 98.5 Å². The molecule has 0 spiro atoms. The van der Waals surface area contributed by atoms with Crippen LogP contribution in [0.5, 0.6) is 0 Å². The molecule has 0 radical (unpaired) electrons. The monoisotopic (exact) mass is 231 g/mol. The molecular weight excluding hydrogens is 206 g/mol. The normalized spacial score (nSPS) is 18.2. The lowest BCUT2D eigenvalue weighted by molar-refractivity contribution is 0.100. The summed E-state index contributed by atoms with van der Waals surface area (Å²) in [6, 6.07) is 0. The van der Waals surface area contributed by atoms with E-state index in [2.05, 4.69) is 24.0 Å². The van der Waals surface area contributed by atoms with Crippen molar-refractivity contribution in [3.05, 3.63) is 0 Å². The summed E-state index contributed by atoms with van der Waals surface area (Å²) in [7, 11) is 0. The molecule has 0 aliphatic carbocycles. The molecule has 0 atom stereocenters. The van der Waals surface area contributed by atoms with Gasteiger partial charge in [-0.1, -0.05) is 6.92 Å². The van der Waals surface area contributed by atoms with E-state index in [1.165, 1.54) is 50.9 Å². The first kappa shape index (κ1) is 13.3. The molecule has 2 nitrogen and oxygen atoms in total. The van der Waals surface area contributed by atoms with E-state index in [4.69, 9.17) is 4.74 Å². The van der Waals surface area contributed by atoms with Crippen molar-refractivity contribution < 1.29 is 4.74 Å². The van der Waals surface area contributed by atoms with E-state index >= 15 is 0 Å². The number of hydrogen-bond acceptors (Lipinski definition) is 3. The Balaban J connectivity index is 1.79. The topological polar surface area (TPSA) is 21.3 Å². The van der Waals surface area contributed by atoms with Crippen LogP contribution in [0.2, 0.25) is 0 Å². The van der Waals surface area contributed by atoms with E-state index in [0.29, 0.717) is 0 Å². The van der Waals surface area contributed by atoms with Crippen LogP contribution in [0.3, 0.4) is 0 Å². The Kier molecular flexibility index (Phi) is 8.44. The zero-order valence-electron chi connectivity index (χ0n) is 9.96. The Morgan fingerprint density at radius 3 is 2.73 bits per heavy atom. The highest BCUT2D eigenvalue weighted by Gasteiger charge is 2.13. The molecule has 0 saturated carbocycles. The van der Waals surface area contributed by atoms with Gasteiger partial charge in [0, 0.05) is 18.5 Å². The van der Waals surface area contributed by atoms with Crippen molar-refractivity contribution in [2.75, 3.05) is 32.1 Å². The largest absolute Gasteiger partial charge is 0.381 e. The lowest BCUT2D eigenvalue weighted by Crippen LogP contribution is -2.18. The summed E-state index contributed by atoms with van der Waals surface area (Å²) >= 11 is 2.15. The minimum atomic E-state index is 0.877. The first-order valence-corrected chi connectivity index (χ1v) is 7.38. The molecule has 0 aromatic heterocycles. The molecule has 1 aliphatic rings. The van der Waals surface area contributed by atoms with E-state index in [1.807, 2.05) is 0 Å². The van der Waals surface area contributed by atoms with Gasteiger partial charge in [0.05, 0.1) is 0 Å². The molecule has 90 valence electrons. The minimum absolute atomic E-state index is 0.877. The number of hydrogen-bond donors (Lipinski definition) is 1. The van der Waals surface area contributed by atoms with Gasteiger partial charge in [0.1, 0.15) is 0 Å². The van der Waals surface area contributed by atoms with Crippen molar-refractivity contribution in [2.45, 2.75) is 44.3 Å². The Morgan fingerprint density at radius 1 is 1.20 bits per heavy atom. The second kappa shape index (κ2) is 9.49. The molecule has 1 heterocycles. The molecule has 3 heteroatoms. The molecule has 0 aromatic carbocycles. The van der Waals surface area contributed by atoms with Gasteiger partial charge < -0.3 is 10.1 Å². The Bertz CT molecular complexity index is 138. The molecule has 15 heavy (non-hydrogen) atoms. The van der Waals surface area contributed by atoms with Crippen molar-refractivity contribution in [2.24, 2.45) is 0 Å². The molecule has 1 N–H and O–H groups in total. The van der Waals surface area contributed by atoms with Gasteiger partial charge in [0.25, 0.3) is 0 Å². The third-order valence-electron chi connectivity index (χ3n) is 2.70. The maximum Gasteiger partial charge on any atom is 0.0476 e. The van der Waals surface area contributed by atoms with Crippen LogP contribution in [-0.4, -0.2) is 37.3 Å². The van der Waals surface area contributed by atoms with Crippen LogP contribution in [0.25, 0.3) is 0 Å². The van der Waals surface area contributed by atoms with Gasteiger partial charge in [-0.2, -0.15) is 11.8 Å². The predicted octanol–water partition coefficient (Wildman–Crippen LogP) is 2.68. The third kappa shape index (κ3) is 7.20. The van der Waals surface area contributed by atoms with Crippen LogP contribution in [0, 0.1) is 0 Å². The summed E-state index contributed by atoms with van der Waals surface area (Å²) in [5.74, 6) is 1.33. The van der Waals surface area contributed by atoms with E-state index in [1.54, 1.807) is 0 Å². The van der Waals surface area contributed by atoms with Crippen molar-refractivity contribution in [1.29, 1.82) is 0 Å². The molecule has 0 amide bonds. The summed E-state index contributed by atoms with van der Waals surface area (Å²) in [4.78, 5) is 0. The van der Waals surface area contributed by atoms with Gasteiger partial charge in [-0.05, 0) is 50.9 Å². The first-order chi connectivity index (χ1) is 7.43. The zero-order chi connectivity index (χ0) is 10.8. The van der Waals surface area contributed by atoms with Gasteiger partial charge in [-0.15, -0.1) is 0 Å². The summed E-state index contributed by atoms with van der Waals surface area (Å²) in [6.07, 6.45) is 6.46. The molecule has 0 aromatic rings. The average Bonchev–Trinajstić information content (AvgIpc) is 2.29. The van der Waals surface area contributed by atoms with Gasteiger partial charge >= 0.3 is 0 Å². The smallest absolute Gasteiger partial charge is 0.0476 e. The fourth-order valence-electron chi connectivity index (χ4n) is 1.75. The third-order valence-corrected chi connectivity index (χ3v) is 4.16. The predicted molar refractivity (Wildman–Crippen MR) is 68.7 cm³/mol. The lowest BCUT2D eigenvalue weighted by atomic mass is 10.2. The highest BCUT2D eigenvalue weighted by Crippen LogP contribution is 2.22. The molecule has 1 rings (SSSR count). The number of unbranched alkanes of at least 4 members (excludes halogenated alkanes) is 1. The van der Waals surface area contributed by atoms with E-state index in [0.717, 1.165) is 18.5 Å². The summed E-state index contributed by atoms with van der Waals surface area (Å²) in [5, 5.41) is 4.32. The number of rotatable bonds is 8. The molecule has 1 saturated heterocycles. The van der Waals surface area contributed by atoms with Crippen LogP contribution < -0.4 is 5.32 Å². The van der Waals surface area contributed by atoms with Crippen LogP contribution in [-0.2, 0) is 4.74 Å². The van der Waals surface area contributed by atoms with Crippen molar-refractivity contribution >= 4 is 11.8 Å². The SMILES string of the molecule is CCCNCCCCSC1CCOCC1. The average molecular weight is 231 g/mol. The first-order valence-electron chi connectivity index (χ1n) is 6.33. The maximum absolute atomic E-state index is 5.35. The minimum Gasteiger partial charge on any atom is -0.381 e. The highest BCUT2D eigenvalue weighted by atomic mass is 32.2. The summed E-state index contributed by atoms with van der Waals surface area (Å²) in [6.45, 7) is 6.55. The van der Waals surface area contributed by atoms with Gasteiger partial charge in [0.2, 0.25) is 0 Å². The standard InChI is InChI=1S/C12H25NOS/c1-2-7-13-8-3-4-11-15-12-5-9-14-10-6-12/h12-13H,2-11H2,1H3. The quantitative estimate of drug-likeness (QED) is 0.649. The molecule has 0 unspecified atom stereocenters. The summed E-state index contributed by atoms with van der Waals surface area (Å²) in [5.41, 5.74) is 0. The second-order valence-electron chi connectivity index (χ2n) is 4.14. The van der Waals surface area contributed by atoms with Crippen molar-refractivity contribution in [3.8, 4) is 0 Å². The lowest BCUT2D eigenvalue weighted by Gasteiger charge is -2.21. The molecule has 1 fully saturated rings. The number of ether oxygens (including phenoxy) is 1. The van der Waals surface area contributed by atoms with Crippen LogP contribution in [0.15, 0.2) is 0 Å². The molecular formula is C12H25NOS. The van der Waals surface area contributed by atoms with Crippen LogP contribution in [0.1, 0.15) is 39.0 Å². The highest BCUT2D eigenvalue weighted by molar-refractivity contribution is 7.99. The van der Waals surface area contributed by atoms with E-state index in [9.17, 15) is 0 Å². The van der Waals surface area contributed by atoms with Crippen molar-refractivity contribution in [1.82, 2.24) is 5.32 Å². The molecule has 0 bridgehead atoms. The Hall–Kier alpha value is 0.270. The van der Waals surface area contributed by atoms with E-state index < -0.39 is 0 Å². The number of thioether (sulfide) groups is 1. The van der Waals surface area contributed by atoms with Crippen molar-refractivity contribution in [3.63, 3.8) is 0 Å². The second-order valence-corrected chi connectivity index (χ2v) is 5.55. The van der Waals surface area contributed by atoms with Crippen LogP contribution in [0.4, 0.5) is 0 Å². The fourth-order valence-corrected chi connectivity index (χ4v) is 2.98. The van der Waals surface area contributed by atoms with Gasteiger partial charge in [0.15, 0.2) is 0 Å². The molecule has 1 aliphatic heterocycles. The fraction of sp³-hybridized carbons (Fsp3) is 1.00. The Morgan fingerprint density at radius 2 is 2.00 bits per heavy atom. The van der Waals surface area contributed by atoms with Gasteiger partial charge in [-0.3, -0.25) is 0 Å². The maximum atomic E-state index is 5.35. The van der Waals surface area contributed by atoms with E-state index in [-0.39, 0.29) is 0 Å².